The second-order valence-electron chi connectivity index (χ2n) is 25.0. The first-order valence-electron chi connectivity index (χ1n) is 34.4. The SMILES string of the molecule is [2H]C([2H])([2H])N1CN(c2cc(Oc3cccc(N4CN(c5ccc(N6CN(c7cccc(Oc8cc(N9CN(C)c%10cnccc%109)cc(N(c9ccccc9)c9ccccc9)c8)c7)c7cc(C)c(C)cc76)cc5)c5ccccc54)c3)cc(N(c3ccccc3)c3ccccc3)c2)c2ccncc21. The first-order valence-corrected chi connectivity index (χ1v) is 32.9. The summed E-state index contributed by atoms with van der Waals surface area (Å²) < 4.78 is 39.6. The summed E-state index contributed by atoms with van der Waals surface area (Å²) in [6.07, 6.45) is 7.10. The zero-order chi connectivity index (χ0) is 68.3. The number of aryl methyl sites for hydroxylation is 2. The van der Waals surface area contributed by atoms with Gasteiger partial charge in [-0.1, -0.05) is 97.1 Å². The number of benzene rings is 11. The molecule has 0 N–H and O–H groups in total. The van der Waals surface area contributed by atoms with Crippen LogP contribution in [0, 0.1) is 13.8 Å². The minimum Gasteiger partial charge on any atom is -0.457 e. The molecule has 0 radical (unpaired) electrons. The molecule has 17 rings (SSSR count). The molecule has 0 fully saturated rings. The van der Waals surface area contributed by atoms with Gasteiger partial charge in [0.1, 0.15) is 36.3 Å². The Kier molecular flexibility index (Phi) is 14.2. The second kappa shape index (κ2) is 24.9. The Morgan fingerprint density at radius 2 is 0.653 bits per heavy atom. The van der Waals surface area contributed by atoms with Gasteiger partial charge in [0.05, 0.1) is 82.6 Å². The predicted octanol–water partition coefficient (Wildman–Crippen LogP) is 21.2. The summed E-state index contributed by atoms with van der Waals surface area (Å²) in [6.45, 7) is 3.85. The lowest BCUT2D eigenvalue weighted by atomic mass is 10.1. The van der Waals surface area contributed by atoms with E-state index in [2.05, 4.69) is 264 Å². The van der Waals surface area contributed by atoms with E-state index < -0.39 is 6.98 Å². The van der Waals surface area contributed by atoms with Gasteiger partial charge >= 0.3 is 0 Å². The molecule has 6 heterocycles. The van der Waals surface area contributed by atoms with Gasteiger partial charge in [-0.2, -0.15) is 0 Å². The van der Waals surface area contributed by atoms with E-state index in [1.165, 1.54) is 16.0 Å². The van der Waals surface area contributed by atoms with Gasteiger partial charge < -0.3 is 58.5 Å². The molecule has 0 unspecified atom stereocenters. The van der Waals surface area contributed by atoms with E-state index in [9.17, 15) is 0 Å². The van der Waals surface area contributed by atoms with Crippen LogP contribution in [0.3, 0.4) is 0 Å². The Morgan fingerprint density at radius 1 is 0.296 bits per heavy atom. The van der Waals surface area contributed by atoms with E-state index >= 15 is 0 Å². The lowest BCUT2D eigenvalue weighted by Crippen LogP contribution is -2.25. The molecule has 478 valence electrons. The summed E-state index contributed by atoms with van der Waals surface area (Å²) in [5.74, 6) is 2.64. The average molecular weight is 1280 g/mol. The van der Waals surface area contributed by atoms with Gasteiger partial charge in [-0.15, -0.1) is 0 Å². The maximum atomic E-state index is 8.50. The smallest absolute Gasteiger partial charge is 0.131 e. The minimum atomic E-state index is -2.40. The third kappa shape index (κ3) is 11.0. The van der Waals surface area contributed by atoms with Crippen LogP contribution in [0.2, 0.25) is 0 Å². The van der Waals surface area contributed by atoms with E-state index in [1.54, 1.807) is 12.4 Å². The van der Waals surface area contributed by atoms with Crippen molar-refractivity contribution in [1.29, 1.82) is 0 Å². The van der Waals surface area contributed by atoms with Crippen LogP contribution in [-0.2, 0) is 0 Å². The number of fused-ring (bicyclic) bond motifs is 4. The van der Waals surface area contributed by atoms with Crippen molar-refractivity contribution in [3.8, 4) is 23.0 Å². The van der Waals surface area contributed by atoms with Crippen molar-refractivity contribution in [1.82, 2.24) is 9.97 Å². The number of rotatable bonds is 16. The maximum absolute atomic E-state index is 8.50. The molecule has 0 spiro atoms. The Bertz CT molecular complexity index is 5130. The Balaban J connectivity index is 0.654. The van der Waals surface area contributed by atoms with Crippen LogP contribution in [0.1, 0.15) is 15.2 Å². The van der Waals surface area contributed by atoms with Crippen LogP contribution in [-0.4, -0.2) is 50.7 Å². The largest absolute Gasteiger partial charge is 0.457 e. The van der Waals surface area contributed by atoms with E-state index in [0.29, 0.717) is 42.9 Å². The van der Waals surface area contributed by atoms with Crippen molar-refractivity contribution >= 4 is 114 Å². The molecule has 98 heavy (non-hydrogen) atoms. The molecule has 0 aliphatic carbocycles. The molecule has 0 bridgehead atoms. The van der Waals surface area contributed by atoms with Crippen molar-refractivity contribution in [3.63, 3.8) is 0 Å². The fourth-order valence-corrected chi connectivity index (χ4v) is 14.0. The quantitative estimate of drug-likeness (QED) is 0.0921. The van der Waals surface area contributed by atoms with E-state index in [-0.39, 0.29) is 6.67 Å². The fourth-order valence-electron chi connectivity index (χ4n) is 14.0. The van der Waals surface area contributed by atoms with Gasteiger partial charge in [0, 0.05) is 124 Å². The molecule has 4 aliphatic rings. The van der Waals surface area contributed by atoms with Gasteiger partial charge in [-0.25, -0.2) is 0 Å². The summed E-state index contributed by atoms with van der Waals surface area (Å²) in [5, 5.41) is 0. The van der Waals surface area contributed by atoms with E-state index in [0.717, 1.165) is 114 Å². The molecule has 0 saturated heterocycles. The maximum Gasteiger partial charge on any atom is 0.131 e. The Morgan fingerprint density at radius 3 is 1.09 bits per heavy atom. The Hall–Kier alpha value is -12.7. The van der Waals surface area contributed by atoms with Crippen LogP contribution in [0.25, 0.3) is 0 Å². The summed E-state index contributed by atoms with van der Waals surface area (Å²) >= 11 is 0. The fraction of sp³-hybridized carbons (Fsp3) is 0.0952. The number of anilines is 20. The molecular formula is C84H70N12O2. The molecule has 11 aromatic carbocycles. The van der Waals surface area contributed by atoms with Gasteiger partial charge in [0.15, 0.2) is 0 Å². The van der Waals surface area contributed by atoms with Crippen molar-refractivity contribution in [2.45, 2.75) is 13.8 Å². The number of hydrogen-bond donors (Lipinski definition) is 0. The predicted molar refractivity (Wildman–Crippen MR) is 402 cm³/mol. The molecule has 4 aliphatic heterocycles. The number of hydrogen-bond acceptors (Lipinski definition) is 14. The van der Waals surface area contributed by atoms with E-state index in [4.69, 9.17) is 13.6 Å². The molecule has 0 saturated carbocycles. The third-order valence-electron chi connectivity index (χ3n) is 18.8. The second-order valence-corrected chi connectivity index (χ2v) is 25.0. The highest BCUT2D eigenvalue weighted by Crippen LogP contribution is 2.52. The first kappa shape index (κ1) is 55.7. The highest BCUT2D eigenvalue weighted by atomic mass is 16.5. The highest BCUT2D eigenvalue weighted by molar-refractivity contribution is 5.92. The van der Waals surface area contributed by atoms with Gasteiger partial charge in [-0.3, -0.25) is 9.97 Å². The standard InChI is InChI=1S/C84H70N12O2/c1-59-43-81-82(44-60(59)2)94(68-30-20-32-74(48-68)98-76-50-70(90-56-88(4)84-54-86-42-40-80(84)90)46-72(52-76)96(65-25-13-7-14-26-65)66-27-15-8-16-28-66)58-92(81)62-37-35-61(36-38-62)91-57-93(78-34-18-17-33-77(78)91)67-29-19-31-73(47-67)97-75-49-69(89-55-87(3)83-53-85-41-39-79(83)89)45-71(51-75)95(63-21-9-5-10-22-63)64-23-11-6-12-24-64/h5-54H,55-58H2,1-4H3/i3D3. The van der Waals surface area contributed by atoms with Gasteiger partial charge in [0.2, 0.25) is 0 Å². The molecular weight excluding hydrogens is 1210 g/mol. The van der Waals surface area contributed by atoms with Crippen molar-refractivity contribution < 1.29 is 13.6 Å². The van der Waals surface area contributed by atoms with Gasteiger partial charge in [0.25, 0.3) is 0 Å². The molecule has 13 aromatic rings. The summed E-state index contributed by atoms with van der Waals surface area (Å²) in [7, 11) is 2.10. The minimum absolute atomic E-state index is 0.0914. The van der Waals surface area contributed by atoms with Crippen LogP contribution in [0.5, 0.6) is 23.0 Å². The molecule has 14 nitrogen and oxygen atoms in total. The normalized spacial score (nSPS) is 14.2. The van der Waals surface area contributed by atoms with Crippen molar-refractivity contribution in [2.75, 3.05) is 89.7 Å². The molecule has 14 heteroatoms. The monoisotopic (exact) mass is 1280 g/mol. The summed E-state index contributed by atoms with van der Waals surface area (Å²) in [5.41, 5.74) is 21.9. The van der Waals surface area contributed by atoms with Gasteiger partial charge in [-0.05, 0) is 171 Å². The van der Waals surface area contributed by atoms with Crippen LogP contribution < -0.4 is 58.5 Å². The number of pyridine rings is 2. The highest BCUT2D eigenvalue weighted by Gasteiger charge is 2.33. The summed E-state index contributed by atoms with van der Waals surface area (Å²) in [6, 6.07) is 96.7. The number of para-hydroxylation sites is 6. The third-order valence-corrected chi connectivity index (χ3v) is 18.8. The molecule has 2 aromatic heterocycles. The lowest BCUT2D eigenvalue weighted by molar-refractivity contribution is 0.482. The van der Waals surface area contributed by atoms with Crippen LogP contribution >= 0.6 is 0 Å². The summed E-state index contributed by atoms with van der Waals surface area (Å²) in [4.78, 5) is 30.7. The van der Waals surface area contributed by atoms with Crippen molar-refractivity contribution in [3.05, 3.63) is 315 Å². The molecule has 0 amide bonds. The zero-order valence-corrected chi connectivity index (χ0v) is 54.4. The zero-order valence-electron chi connectivity index (χ0n) is 57.4. The lowest BCUT2D eigenvalue weighted by Gasteiger charge is -2.28. The average Bonchev–Trinajstić information content (AvgIpc) is 1.68. The topological polar surface area (TPSA) is 76.6 Å². The number of aromatic nitrogens is 2. The van der Waals surface area contributed by atoms with Crippen LogP contribution in [0.4, 0.5) is 114 Å². The number of nitrogens with zero attached hydrogens (tertiary/aromatic N) is 12. The van der Waals surface area contributed by atoms with Crippen molar-refractivity contribution in [2.24, 2.45) is 0 Å². The van der Waals surface area contributed by atoms with Crippen LogP contribution in [0.15, 0.2) is 304 Å². The number of ether oxygens (including phenoxy) is 2. The molecule has 0 atom stereocenters. The first-order chi connectivity index (χ1) is 49.4. The Labute approximate surface area is 575 Å². The van der Waals surface area contributed by atoms with E-state index in [1.807, 2.05) is 102 Å².